The molecule has 0 aromatic heterocycles. The number of carbonyl (C=O) groups is 2. The predicted molar refractivity (Wildman–Crippen MR) is 102 cm³/mol. The summed E-state index contributed by atoms with van der Waals surface area (Å²) < 4.78 is 0. The van der Waals surface area contributed by atoms with E-state index in [2.05, 4.69) is 5.32 Å². The van der Waals surface area contributed by atoms with Gasteiger partial charge >= 0.3 is 5.97 Å². The number of likely N-dealkylation sites (tertiary alicyclic amines) is 1. The zero-order chi connectivity index (χ0) is 17.9. The van der Waals surface area contributed by atoms with Gasteiger partial charge in [-0.05, 0) is 57.5 Å². The summed E-state index contributed by atoms with van der Waals surface area (Å²) in [5.74, 6) is -1.15. The molecule has 2 rings (SSSR count). The Balaban J connectivity index is 0.00000312. The van der Waals surface area contributed by atoms with Gasteiger partial charge in [0.15, 0.2) is 0 Å². The molecule has 8 heteroatoms. The van der Waals surface area contributed by atoms with E-state index in [1.54, 1.807) is 18.2 Å². The van der Waals surface area contributed by atoms with Gasteiger partial charge in [0, 0.05) is 10.0 Å². The monoisotopic (exact) mass is 408 g/mol. The topological polar surface area (TPSA) is 69.6 Å². The van der Waals surface area contributed by atoms with Gasteiger partial charge in [-0.15, -0.1) is 12.4 Å². The minimum atomic E-state index is -0.752. The first-order chi connectivity index (χ1) is 11.3. The molecule has 1 aliphatic heterocycles. The molecular weight excluding hydrogens is 387 g/mol. The second kappa shape index (κ2) is 9.62. The number of rotatable bonds is 5. The molecule has 0 aliphatic carbocycles. The first-order valence-electron chi connectivity index (χ1n) is 8.01. The molecule has 140 valence electrons. The number of amides is 1. The van der Waals surface area contributed by atoms with Gasteiger partial charge in [-0.3, -0.25) is 14.5 Å². The predicted octanol–water partition coefficient (Wildman–Crippen LogP) is 3.78. The van der Waals surface area contributed by atoms with Crippen molar-refractivity contribution in [3.8, 4) is 0 Å². The smallest absolute Gasteiger partial charge is 0.306 e. The SMILES string of the molecule is CC(NC(=O)C(C)N1CCC(C(=O)O)CC1)c1ccc(Cl)cc1Cl.Cl. The van der Waals surface area contributed by atoms with Crippen molar-refractivity contribution in [2.75, 3.05) is 13.1 Å². The Hall–Kier alpha value is -1.01. The Bertz CT molecular complexity index is 619. The number of carbonyl (C=O) groups excluding carboxylic acids is 1. The Labute approximate surface area is 164 Å². The van der Waals surface area contributed by atoms with E-state index in [4.69, 9.17) is 28.3 Å². The van der Waals surface area contributed by atoms with Crippen LogP contribution in [0.5, 0.6) is 0 Å². The van der Waals surface area contributed by atoms with Crippen molar-refractivity contribution in [3.05, 3.63) is 33.8 Å². The normalized spacial score (nSPS) is 18.1. The van der Waals surface area contributed by atoms with Crippen LogP contribution in [-0.2, 0) is 9.59 Å². The van der Waals surface area contributed by atoms with Crippen molar-refractivity contribution in [2.24, 2.45) is 5.92 Å². The maximum Gasteiger partial charge on any atom is 0.306 e. The van der Waals surface area contributed by atoms with Crippen LogP contribution in [0.15, 0.2) is 18.2 Å². The summed E-state index contributed by atoms with van der Waals surface area (Å²) >= 11 is 12.1. The fraction of sp³-hybridized carbons (Fsp3) is 0.529. The van der Waals surface area contributed by atoms with E-state index in [0.717, 1.165) is 5.56 Å². The summed E-state index contributed by atoms with van der Waals surface area (Å²) in [5.41, 5.74) is 0.811. The second-order valence-corrected chi connectivity index (χ2v) is 7.06. The molecule has 0 saturated carbocycles. The fourth-order valence-electron chi connectivity index (χ4n) is 2.96. The first kappa shape index (κ1) is 22.0. The molecule has 1 amide bonds. The third-order valence-corrected chi connectivity index (χ3v) is 5.16. The highest BCUT2D eigenvalue weighted by Gasteiger charge is 2.30. The summed E-state index contributed by atoms with van der Waals surface area (Å²) in [5, 5.41) is 13.1. The first-order valence-corrected chi connectivity index (χ1v) is 8.77. The number of nitrogens with one attached hydrogen (secondary N) is 1. The Morgan fingerprint density at radius 2 is 1.84 bits per heavy atom. The van der Waals surface area contributed by atoms with Crippen LogP contribution in [0.4, 0.5) is 0 Å². The maximum atomic E-state index is 12.5. The molecule has 1 aliphatic rings. The van der Waals surface area contributed by atoms with Gasteiger partial charge in [-0.2, -0.15) is 0 Å². The van der Waals surface area contributed by atoms with Crippen LogP contribution >= 0.6 is 35.6 Å². The molecule has 0 spiro atoms. The lowest BCUT2D eigenvalue weighted by molar-refractivity contribution is -0.143. The average Bonchev–Trinajstić information content (AvgIpc) is 2.53. The molecule has 1 heterocycles. The van der Waals surface area contributed by atoms with Gasteiger partial charge in [0.25, 0.3) is 0 Å². The average molecular weight is 410 g/mol. The summed E-state index contributed by atoms with van der Waals surface area (Å²) in [6.45, 7) is 4.94. The number of piperidine rings is 1. The van der Waals surface area contributed by atoms with Crippen molar-refractivity contribution < 1.29 is 14.7 Å². The van der Waals surface area contributed by atoms with E-state index in [1.807, 2.05) is 18.7 Å². The molecule has 2 atom stereocenters. The number of halogens is 3. The zero-order valence-corrected chi connectivity index (χ0v) is 16.5. The Morgan fingerprint density at radius 3 is 2.36 bits per heavy atom. The molecule has 1 fully saturated rings. The van der Waals surface area contributed by atoms with E-state index in [-0.39, 0.29) is 36.3 Å². The number of hydrogen-bond acceptors (Lipinski definition) is 3. The lowest BCUT2D eigenvalue weighted by atomic mass is 9.96. The van der Waals surface area contributed by atoms with Crippen LogP contribution < -0.4 is 5.32 Å². The lowest BCUT2D eigenvalue weighted by Crippen LogP contribution is -2.49. The third kappa shape index (κ3) is 5.74. The van der Waals surface area contributed by atoms with E-state index in [9.17, 15) is 9.59 Å². The van der Waals surface area contributed by atoms with Gasteiger partial charge < -0.3 is 10.4 Å². The summed E-state index contributed by atoms with van der Waals surface area (Å²) in [6, 6.07) is 4.65. The highest BCUT2D eigenvalue weighted by Crippen LogP contribution is 2.26. The van der Waals surface area contributed by atoms with Crippen molar-refractivity contribution in [1.29, 1.82) is 0 Å². The van der Waals surface area contributed by atoms with Crippen LogP contribution in [0.2, 0.25) is 10.0 Å². The molecule has 0 radical (unpaired) electrons. The minimum Gasteiger partial charge on any atom is -0.481 e. The van der Waals surface area contributed by atoms with Crippen LogP contribution in [0.1, 0.15) is 38.3 Å². The van der Waals surface area contributed by atoms with Crippen LogP contribution in [0.3, 0.4) is 0 Å². The molecule has 0 bridgehead atoms. The maximum absolute atomic E-state index is 12.5. The van der Waals surface area contributed by atoms with Crippen molar-refractivity contribution in [1.82, 2.24) is 10.2 Å². The van der Waals surface area contributed by atoms with Gasteiger partial charge in [0.2, 0.25) is 5.91 Å². The molecule has 1 aromatic rings. The second-order valence-electron chi connectivity index (χ2n) is 6.22. The van der Waals surface area contributed by atoms with Crippen LogP contribution in [0, 0.1) is 5.92 Å². The van der Waals surface area contributed by atoms with Gasteiger partial charge in [-0.1, -0.05) is 29.3 Å². The van der Waals surface area contributed by atoms with Gasteiger partial charge in [0.1, 0.15) is 0 Å². The largest absolute Gasteiger partial charge is 0.481 e. The van der Waals surface area contributed by atoms with E-state index < -0.39 is 5.97 Å². The number of carboxylic acid groups (broad SMARTS) is 1. The van der Waals surface area contributed by atoms with E-state index in [1.165, 1.54) is 0 Å². The highest BCUT2D eigenvalue weighted by atomic mass is 35.5. The van der Waals surface area contributed by atoms with Crippen LogP contribution in [0.25, 0.3) is 0 Å². The third-order valence-electron chi connectivity index (χ3n) is 4.59. The molecule has 2 unspecified atom stereocenters. The molecular formula is C17H23Cl3N2O3. The number of benzene rings is 1. The number of nitrogens with zero attached hydrogens (tertiary/aromatic N) is 1. The zero-order valence-electron chi connectivity index (χ0n) is 14.2. The van der Waals surface area contributed by atoms with Crippen molar-refractivity contribution in [2.45, 2.75) is 38.8 Å². The molecule has 1 aromatic carbocycles. The van der Waals surface area contributed by atoms with Crippen molar-refractivity contribution in [3.63, 3.8) is 0 Å². The molecule has 2 N–H and O–H groups in total. The molecule has 1 saturated heterocycles. The standard InChI is InChI=1S/C17H22Cl2N2O3.ClH/c1-10(14-4-3-13(18)9-15(14)19)20-16(22)11(2)21-7-5-12(6-8-21)17(23)24;/h3-4,9-12H,5-8H2,1-2H3,(H,20,22)(H,23,24);1H. The highest BCUT2D eigenvalue weighted by molar-refractivity contribution is 6.35. The summed E-state index contributed by atoms with van der Waals surface area (Å²) in [4.78, 5) is 25.5. The van der Waals surface area contributed by atoms with E-state index in [0.29, 0.717) is 36.0 Å². The molecule has 25 heavy (non-hydrogen) atoms. The fourth-order valence-corrected chi connectivity index (χ4v) is 3.54. The Morgan fingerprint density at radius 1 is 1.24 bits per heavy atom. The minimum absolute atomic E-state index is 0. The summed E-state index contributed by atoms with van der Waals surface area (Å²) in [7, 11) is 0. The lowest BCUT2D eigenvalue weighted by Gasteiger charge is -2.34. The Kier molecular flexibility index (Phi) is 8.48. The van der Waals surface area contributed by atoms with Gasteiger partial charge in [-0.25, -0.2) is 0 Å². The number of carboxylic acids is 1. The number of aliphatic carboxylic acids is 1. The molecule has 5 nitrogen and oxygen atoms in total. The number of hydrogen-bond donors (Lipinski definition) is 2. The van der Waals surface area contributed by atoms with Crippen molar-refractivity contribution >= 4 is 47.5 Å². The van der Waals surface area contributed by atoms with Gasteiger partial charge in [0.05, 0.1) is 18.0 Å². The summed E-state index contributed by atoms with van der Waals surface area (Å²) in [6.07, 6.45) is 1.15. The quantitative estimate of drug-likeness (QED) is 0.776. The van der Waals surface area contributed by atoms with Crippen LogP contribution in [-0.4, -0.2) is 41.0 Å². The van der Waals surface area contributed by atoms with E-state index >= 15 is 0 Å².